The molecule has 1 heterocycles. The smallest absolute Gasteiger partial charge is 0.223 e. The van der Waals surface area contributed by atoms with Crippen LogP contribution in [0.25, 0.3) is 10.9 Å². The van der Waals surface area contributed by atoms with Gasteiger partial charge in [-0.25, -0.2) is 17.2 Å². The van der Waals surface area contributed by atoms with E-state index in [1.165, 1.54) is 12.1 Å². The standard InChI is InChI=1S/C18H16F2N2O3S/c1-9-3-10(2)5-12(4-9)26(24,25)18-13-6-11(19)7-14(20)17(13)22-15(18)8-16(21)23/h3-7,22H,8H2,1-2H3,(H2,21,23). The summed E-state index contributed by atoms with van der Waals surface area (Å²) in [6.45, 7) is 3.48. The Morgan fingerprint density at radius 3 is 2.27 bits per heavy atom. The zero-order valence-corrected chi connectivity index (χ0v) is 14.9. The lowest BCUT2D eigenvalue weighted by Gasteiger charge is -2.09. The number of halogens is 2. The average molecular weight is 378 g/mol. The van der Waals surface area contributed by atoms with Gasteiger partial charge in [-0.05, 0) is 43.2 Å². The zero-order chi connectivity index (χ0) is 19.2. The summed E-state index contributed by atoms with van der Waals surface area (Å²) in [6, 6.07) is 6.29. The normalized spacial score (nSPS) is 11.8. The minimum atomic E-state index is -4.15. The lowest BCUT2D eigenvalue weighted by molar-refractivity contribution is -0.117. The number of aromatic nitrogens is 1. The second-order valence-corrected chi connectivity index (χ2v) is 8.10. The molecule has 0 saturated heterocycles. The Morgan fingerprint density at radius 2 is 1.69 bits per heavy atom. The molecule has 8 heteroatoms. The Bertz CT molecular complexity index is 1130. The van der Waals surface area contributed by atoms with Crippen molar-refractivity contribution in [1.29, 1.82) is 0 Å². The number of amides is 1. The topological polar surface area (TPSA) is 93.0 Å². The van der Waals surface area contributed by atoms with Crippen molar-refractivity contribution in [2.75, 3.05) is 0 Å². The summed E-state index contributed by atoms with van der Waals surface area (Å²) >= 11 is 0. The van der Waals surface area contributed by atoms with Gasteiger partial charge in [-0.2, -0.15) is 0 Å². The quantitative estimate of drug-likeness (QED) is 0.731. The SMILES string of the molecule is Cc1cc(C)cc(S(=O)(=O)c2c(CC(N)=O)[nH]c3c(F)cc(F)cc23)c1. The number of aryl methyl sites for hydroxylation is 2. The maximum atomic E-state index is 14.1. The van der Waals surface area contributed by atoms with Crippen molar-refractivity contribution in [2.24, 2.45) is 5.73 Å². The lowest BCUT2D eigenvalue weighted by Crippen LogP contribution is -2.16. The fourth-order valence-corrected chi connectivity index (χ4v) is 4.88. The molecule has 0 aliphatic carbocycles. The Balaban J connectivity index is 2.39. The molecule has 0 radical (unpaired) electrons. The van der Waals surface area contributed by atoms with Crippen LogP contribution in [-0.4, -0.2) is 19.3 Å². The van der Waals surface area contributed by atoms with Gasteiger partial charge in [0.05, 0.1) is 16.8 Å². The molecule has 5 nitrogen and oxygen atoms in total. The van der Waals surface area contributed by atoms with Crippen LogP contribution in [0.3, 0.4) is 0 Å². The van der Waals surface area contributed by atoms with Crippen LogP contribution in [0, 0.1) is 25.5 Å². The molecule has 0 bridgehead atoms. The van der Waals surface area contributed by atoms with Gasteiger partial charge in [0.15, 0.2) is 0 Å². The fraction of sp³-hybridized carbons (Fsp3) is 0.167. The van der Waals surface area contributed by atoms with E-state index < -0.39 is 33.8 Å². The first kappa shape index (κ1) is 18.1. The highest BCUT2D eigenvalue weighted by Crippen LogP contribution is 2.34. The number of nitrogens with one attached hydrogen (secondary N) is 1. The summed E-state index contributed by atoms with van der Waals surface area (Å²) in [5.41, 5.74) is 6.37. The molecule has 0 spiro atoms. The molecule has 0 fully saturated rings. The Morgan fingerprint density at radius 1 is 1.08 bits per heavy atom. The van der Waals surface area contributed by atoms with Crippen LogP contribution >= 0.6 is 0 Å². The molecule has 0 atom stereocenters. The molecule has 2 aromatic carbocycles. The Hall–Kier alpha value is -2.74. The monoisotopic (exact) mass is 378 g/mol. The summed E-state index contributed by atoms with van der Waals surface area (Å²) in [5.74, 6) is -2.67. The first-order chi connectivity index (χ1) is 12.1. The molecular formula is C18H16F2N2O3S. The summed E-state index contributed by atoms with van der Waals surface area (Å²) in [7, 11) is -4.15. The van der Waals surface area contributed by atoms with Crippen LogP contribution in [0.5, 0.6) is 0 Å². The number of aromatic amines is 1. The summed E-state index contributed by atoms with van der Waals surface area (Å²) in [5, 5.41) is -0.155. The van der Waals surface area contributed by atoms with Crippen LogP contribution in [-0.2, 0) is 21.1 Å². The van der Waals surface area contributed by atoms with Crippen LogP contribution in [0.15, 0.2) is 40.1 Å². The van der Waals surface area contributed by atoms with Gasteiger partial charge in [0.25, 0.3) is 0 Å². The maximum Gasteiger partial charge on any atom is 0.223 e. The molecule has 1 amide bonds. The number of rotatable bonds is 4. The third-order valence-corrected chi connectivity index (χ3v) is 5.83. The lowest BCUT2D eigenvalue weighted by atomic mass is 10.2. The van der Waals surface area contributed by atoms with E-state index in [0.29, 0.717) is 6.07 Å². The number of fused-ring (bicyclic) bond motifs is 1. The van der Waals surface area contributed by atoms with E-state index in [2.05, 4.69) is 4.98 Å². The molecule has 0 unspecified atom stereocenters. The van der Waals surface area contributed by atoms with Crippen LogP contribution in [0.4, 0.5) is 8.78 Å². The number of sulfone groups is 1. The van der Waals surface area contributed by atoms with E-state index in [0.717, 1.165) is 17.2 Å². The molecular weight excluding hydrogens is 362 g/mol. The molecule has 26 heavy (non-hydrogen) atoms. The van der Waals surface area contributed by atoms with Crippen LogP contribution in [0.1, 0.15) is 16.8 Å². The number of carbonyl (C=O) groups is 1. The van der Waals surface area contributed by atoms with Crippen molar-refractivity contribution in [1.82, 2.24) is 4.98 Å². The first-order valence-electron chi connectivity index (χ1n) is 7.71. The van der Waals surface area contributed by atoms with Gasteiger partial charge in [-0.3, -0.25) is 4.79 Å². The van der Waals surface area contributed by atoms with E-state index in [9.17, 15) is 22.0 Å². The van der Waals surface area contributed by atoms with Crippen molar-refractivity contribution in [3.63, 3.8) is 0 Å². The van der Waals surface area contributed by atoms with E-state index >= 15 is 0 Å². The van der Waals surface area contributed by atoms with Crippen molar-refractivity contribution < 1.29 is 22.0 Å². The van der Waals surface area contributed by atoms with E-state index in [4.69, 9.17) is 5.73 Å². The molecule has 3 N–H and O–H groups in total. The molecule has 0 aliphatic rings. The van der Waals surface area contributed by atoms with Gasteiger partial charge in [0.1, 0.15) is 16.5 Å². The number of hydrogen-bond acceptors (Lipinski definition) is 3. The second-order valence-electron chi connectivity index (χ2n) is 6.21. The van der Waals surface area contributed by atoms with Crippen molar-refractivity contribution in [2.45, 2.75) is 30.1 Å². The average Bonchev–Trinajstić information content (AvgIpc) is 2.84. The number of nitrogens with two attached hydrogens (primary N) is 1. The molecule has 0 aliphatic heterocycles. The molecule has 3 rings (SSSR count). The van der Waals surface area contributed by atoms with Crippen LogP contribution in [0.2, 0.25) is 0 Å². The second kappa shape index (κ2) is 6.21. The van der Waals surface area contributed by atoms with Crippen LogP contribution < -0.4 is 5.73 Å². The zero-order valence-electron chi connectivity index (χ0n) is 14.1. The van der Waals surface area contributed by atoms with E-state index in [1.54, 1.807) is 19.9 Å². The summed E-state index contributed by atoms with van der Waals surface area (Å²) in [4.78, 5) is 13.6. The van der Waals surface area contributed by atoms with E-state index in [-0.39, 0.29) is 26.4 Å². The van der Waals surface area contributed by atoms with Gasteiger partial charge >= 0.3 is 0 Å². The minimum Gasteiger partial charge on any atom is -0.369 e. The highest BCUT2D eigenvalue weighted by Gasteiger charge is 2.29. The highest BCUT2D eigenvalue weighted by molar-refractivity contribution is 7.91. The largest absolute Gasteiger partial charge is 0.369 e. The Kier molecular flexibility index (Phi) is 4.31. The van der Waals surface area contributed by atoms with Gasteiger partial charge < -0.3 is 10.7 Å². The first-order valence-corrected chi connectivity index (χ1v) is 9.19. The number of primary amides is 1. The van der Waals surface area contributed by atoms with Gasteiger partial charge in [-0.15, -0.1) is 0 Å². The third-order valence-electron chi connectivity index (χ3n) is 3.97. The van der Waals surface area contributed by atoms with Gasteiger partial charge in [-0.1, -0.05) is 6.07 Å². The van der Waals surface area contributed by atoms with Crippen molar-refractivity contribution >= 4 is 26.6 Å². The molecule has 136 valence electrons. The van der Waals surface area contributed by atoms with Gasteiger partial charge in [0.2, 0.25) is 15.7 Å². The third kappa shape index (κ3) is 3.08. The van der Waals surface area contributed by atoms with Crippen molar-refractivity contribution in [3.05, 3.63) is 58.8 Å². The van der Waals surface area contributed by atoms with E-state index in [1.807, 2.05) is 0 Å². The maximum absolute atomic E-state index is 14.1. The molecule has 0 saturated carbocycles. The summed E-state index contributed by atoms with van der Waals surface area (Å²) in [6.07, 6.45) is -0.449. The number of H-pyrrole nitrogens is 1. The molecule has 1 aromatic heterocycles. The predicted octanol–water partition coefficient (Wildman–Crippen LogP) is 2.92. The summed E-state index contributed by atoms with van der Waals surface area (Å²) < 4.78 is 54.3. The predicted molar refractivity (Wildman–Crippen MR) is 92.5 cm³/mol. The minimum absolute atomic E-state index is 0.0220. The molecule has 3 aromatic rings. The number of carbonyl (C=O) groups excluding carboxylic acids is 1. The van der Waals surface area contributed by atoms with Crippen molar-refractivity contribution in [3.8, 4) is 0 Å². The van der Waals surface area contributed by atoms with Gasteiger partial charge in [0, 0.05) is 17.1 Å². The Labute approximate surface area is 148 Å². The highest BCUT2D eigenvalue weighted by atomic mass is 32.2. The number of benzene rings is 2. The number of hydrogen-bond donors (Lipinski definition) is 2. The fourth-order valence-electron chi connectivity index (χ4n) is 3.06.